The van der Waals surface area contributed by atoms with Crippen molar-refractivity contribution in [3.63, 3.8) is 0 Å². The number of amides is 2. The second-order valence-corrected chi connectivity index (χ2v) is 11.8. The van der Waals surface area contributed by atoms with E-state index in [9.17, 15) is 9.59 Å². The summed E-state index contributed by atoms with van der Waals surface area (Å²) in [5, 5.41) is 3.22. The van der Waals surface area contributed by atoms with E-state index in [2.05, 4.69) is 42.0 Å². The Hall–Kier alpha value is -2.34. The molecule has 0 heterocycles. The van der Waals surface area contributed by atoms with E-state index in [0.717, 1.165) is 41.3 Å². The van der Waals surface area contributed by atoms with Crippen LogP contribution in [0.2, 0.25) is 0 Å². The summed E-state index contributed by atoms with van der Waals surface area (Å²) < 4.78 is 6.77. The molecule has 0 radical (unpaired) electrons. The Kier molecular flexibility index (Phi) is 10.0. The van der Waals surface area contributed by atoms with E-state index in [1.165, 1.54) is 12.0 Å². The molecule has 2 aromatic rings. The molecule has 1 atom stereocenters. The normalized spacial score (nSPS) is 15.3. The topological polar surface area (TPSA) is 58.6 Å². The third-order valence-corrected chi connectivity index (χ3v) is 7.58. The van der Waals surface area contributed by atoms with Crippen molar-refractivity contribution in [3.05, 3.63) is 63.6 Å². The molecule has 0 aliphatic heterocycles. The fourth-order valence-electron chi connectivity index (χ4n) is 4.66. The predicted molar refractivity (Wildman–Crippen MR) is 149 cm³/mol. The van der Waals surface area contributed by atoms with Crippen LogP contribution in [0.5, 0.6) is 5.75 Å². The van der Waals surface area contributed by atoms with Gasteiger partial charge in [-0.05, 0) is 70.8 Å². The Bertz CT molecular complexity index is 1020. The molecule has 0 aromatic heterocycles. The second kappa shape index (κ2) is 12.8. The van der Waals surface area contributed by atoms with Crippen molar-refractivity contribution < 1.29 is 14.3 Å². The minimum absolute atomic E-state index is 0.0156. The zero-order chi connectivity index (χ0) is 26.3. The van der Waals surface area contributed by atoms with Crippen LogP contribution >= 0.6 is 15.9 Å². The molecule has 1 N–H and O–H groups in total. The SMILES string of the molecule is CC[C@H](C(=O)NC1CCCCC1)N(Cc1ccc(C)cc1)C(=O)COc1ccc(C(C)(C)C)cc1Br. The highest BCUT2D eigenvalue weighted by atomic mass is 79.9. The van der Waals surface area contributed by atoms with Gasteiger partial charge in [-0.3, -0.25) is 9.59 Å². The molecule has 0 spiro atoms. The Morgan fingerprint density at radius 3 is 2.33 bits per heavy atom. The standard InChI is InChI=1S/C30H41BrN2O3/c1-6-26(29(35)32-24-10-8-7-9-11-24)33(19-22-14-12-21(2)13-15-22)28(34)20-36-27-17-16-23(18-25(27)31)30(3,4)5/h12-18,24,26H,6-11,19-20H2,1-5H3,(H,32,35)/t26-/m1/s1. The van der Waals surface area contributed by atoms with Crippen LogP contribution in [-0.4, -0.2) is 35.4 Å². The molecule has 0 saturated heterocycles. The highest BCUT2D eigenvalue weighted by Gasteiger charge is 2.30. The first kappa shape index (κ1) is 28.2. The van der Waals surface area contributed by atoms with Gasteiger partial charge in [-0.15, -0.1) is 0 Å². The van der Waals surface area contributed by atoms with Gasteiger partial charge in [0.15, 0.2) is 6.61 Å². The number of aryl methyl sites for hydroxylation is 1. The van der Waals surface area contributed by atoms with E-state index < -0.39 is 6.04 Å². The molecule has 2 amide bonds. The van der Waals surface area contributed by atoms with Gasteiger partial charge in [0.1, 0.15) is 11.8 Å². The van der Waals surface area contributed by atoms with Crippen molar-refractivity contribution in [2.75, 3.05) is 6.61 Å². The minimum Gasteiger partial charge on any atom is -0.483 e. The summed E-state index contributed by atoms with van der Waals surface area (Å²) in [4.78, 5) is 28.5. The molecule has 0 bridgehead atoms. The zero-order valence-corrected chi connectivity index (χ0v) is 24.0. The fraction of sp³-hybridized carbons (Fsp3) is 0.533. The van der Waals surface area contributed by atoms with Gasteiger partial charge < -0.3 is 15.0 Å². The van der Waals surface area contributed by atoms with E-state index in [4.69, 9.17) is 4.74 Å². The minimum atomic E-state index is -0.545. The third kappa shape index (κ3) is 7.83. The molecule has 2 aromatic carbocycles. The quantitative estimate of drug-likeness (QED) is 0.374. The lowest BCUT2D eigenvalue weighted by Crippen LogP contribution is -2.52. The summed E-state index contributed by atoms with van der Waals surface area (Å²) in [6, 6.07) is 13.7. The molecular formula is C30H41BrN2O3. The lowest BCUT2D eigenvalue weighted by atomic mass is 9.87. The number of ether oxygens (including phenoxy) is 1. The number of benzene rings is 2. The zero-order valence-electron chi connectivity index (χ0n) is 22.4. The van der Waals surface area contributed by atoms with Crippen LogP contribution in [0.3, 0.4) is 0 Å². The van der Waals surface area contributed by atoms with Crippen LogP contribution in [0.25, 0.3) is 0 Å². The van der Waals surface area contributed by atoms with Crippen LogP contribution in [0.1, 0.15) is 82.9 Å². The molecule has 0 unspecified atom stereocenters. The average molecular weight is 558 g/mol. The summed E-state index contributed by atoms with van der Waals surface area (Å²) in [5.74, 6) is 0.347. The Labute approximate surface area is 225 Å². The molecule has 196 valence electrons. The van der Waals surface area contributed by atoms with E-state index in [-0.39, 0.29) is 29.9 Å². The van der Waals surface area contributed by atoms with E-state index in [1.54, 1.807) is 4.90 Å². The lowest BCUT2D eigenvalue weighted by Gasteiger charge is -2.32. The number of nitrogens with zero attached hydrogens (tertiary/aromatic N) is 1. The van der Waals surface area contributed by atoms with Gasteiger partial charge in [0, 0.05) is 12.6 Å². The summed E-state index contributed by atoms with van der Waals surface area (Å²) in [6.45, 7) is 10.7. The van der Waals surface area contributed by atoms with Crippen molar-refractivity contribution in [1.82, 2.24) is 10.2 Å². The van der Waals surface area contributed by atoms with Gasteiger partial charge in [-0.25, -0.2) is 0 Å². The monoisotopic (exact) mass is 556 g/mol. The Morgan fingerprint density at radius 1 is 1.08 bits per heavy atom. The smallest absolute Gasteiger partial charge is 0.261 e. The largest absolute Gasteiger partial charge is 0.483 e. The van der Waals surface area contributed by atoms with E-state index in [1.807, 2.05) is 56.3 Å². The van der Waals surface area contributed by atoms with Crippen LogP contribution in [0.4, 0.5) is 0 Å². The van der Waals surface area contributed by atoms with Crippen molar-refractivity contribution in [3.8, 4) is 5.75 Å². The average Bonchev–Trinajstić information content (AvgIpc) is 2.84. The molecule has 6 heteroatoms. The maximum absolute atomic E-state index is 13.5. The van der Waals surface area contributed by atoms with Crippen LogP contribution in [0.15, 0.2) is 46.9 Å². The first-order valence-electron chi connectivity index (χ1n) is 13.2. The highest BCUT2D eigenvalue weighted by molar-refractivity contribution is 9.10. The first-order chi connectivity index (χ1) is 17.1. The van der Waals surface area contributed by atoms with Crippen LogP contribution in [-0.2, 0) is 21.5 Å². The maximum Gasteiger partial charge on any atom is 0.261 e. The number of rotatable bonds is 9. The first-order valence-corrected chi connectivity index (χ1v) is 14.0. The fourth-order valence-corrected chi connectivity index (χ4v) is 5.15. The molecule has 3 rings (SSSR count). The van der Waals surface area contributed by atoms with Gasteiger partial charge >= 0.3 is 0 Å². The third-order valence-electron chi connectivity index (χ3n) is 6.96. The van der Waals surface area contributed by atoms with Crippen molar-refractivity contribution in [2.45, 2.75) is 97.2 Å². The maximum atomic E-state index is 13.5. The molecule has 1 aliphatic carbocycles. The highest BCUT2D eigenvalue weighted by Crippen LogP contribution is 2.31. The number of nitrogens with one attached hydrogen (secondary N) is 1. The van der Waals surface area contributed by atoms with Gasteiger partial charge in [0.05, 0.1) is 4.47 Å². The van der Waals surface area contributed by atoms with Crippen LogP contribution in [0, 0.1) is 6.92 Å². The number of carbonyl (C=O) groups excluding carboxylic acids is 2. The molecule has 5 nitrogen and oxygen atoms in total. The Morgan fingerprint density at radius 2 is 1.75 bits per heavy atom. The van der Waals surface area contributed by atoms with Gasteiger partial charge in [-0.2, -0.15) is 0 Å². The van der Waals surface area contributed by atoms with Gasteiger partial charge in [0.25, 0.3) is 5.91 Å². The number of hydrogen-bond donors (Lipinski definition) is 1. The predicted octanol–water partition coefficient (Wildman–Crippen LogP) is 6.69. The van der Waals surface area contributed by atoms with E-state index >= 15 is 0 Å². The molecular weight excluding hydrogens is 516 g/mol. The number of halogens is 1. The van der Waals surface area contributed by atoms with Gasteiger partial charge in [-0.1, -0.05) is 82.9 Å². The van der Waals surface area contributed by atoms with Gasteiger partial charge in [0.2, 0.25) is 5.91 Å². The van der Waals surface area contributed by atoms with Crippen molar-refractivity contribution in [2.24, 2.45) is 0 Å². The molecule has 1 saturated carbocycles. The summed E-state index contributed by atoms with van der Waals surface area (Å²) in [6.07, 6.45) is 6.08. The molecule has 1 aliphatic rings. The summed E-state index contributed by atoms with van der Waals surface area (Å²) >= 11 is 3.59. The summed E-state index contributed by atoms with van der Waals surface area (Å²) in [5.41, 5.74) is 3.35. The van der Waals surface area contributed by atoms with Crippen molar-refractivity contribution >= 4 is 27.7 Å². The summed E-state index contributed by atoms with van der Waals surface area (Å²) in [7, 11) is 0. The van der Waals surface area contributed by atoms with E-state index in [0.29, 0.717) is 18.7 Å². The second-order valence-electron chi connectivity index (χ2n) is 11.0. The van der Waals surface area contributed by atoms with Crippen molar-refractivity contribution in [1.29, 1.82) is 0 Å². The van der Waals surface area contributed by atoms with Crippen LogP contribution < -0.4 is 10.1 Å². The number of carbonyl (C=O) groups is 2. The lowest BCUT2D eigenvalue weighted by molar-refractivity contribution is -0.143. The number of hydrogen-bond acceptors (Lipinski definition) is 3. The molecule has 1 fully saturated rings. The Balaban J connectivity index is 1.76. The molecule has 36 heavy (non-hydrogen) atoms.